The molecule has 0 bridgehead atoms. The van der Waals surface area contributed by atoms with E-state index in [2.05, 4.69) is 30.8 Å². The number of rotatable bonds is 2. The number of hydrogen-bond donors (Lipinski definition) is 1. The molecule has 18 heavy (non-hydrogen) atoms. The van der Waals surface area contributed by atoms with Gasteiger partial charge in [-0.05, 0) is 41.9 Å². The van der Waals surface area contributed by atoms with Crippen molar-refractivity contribution in [1.29, 1.82) is 0 Å². The third-order valence-electron chi connectivity index (χ3n) is 3.43. The van der Waals surface area contributed by atoms with Gasteiger partial charge in [0.05, 0.1) is 6.54 Å². The Bertz CT molecular complexity index is 559. The molecule has 1 aliphatic rings. The molecule has 1 aliphatic heterocycles. The fourth-order valence-electron chi connectivity index (χ4n) is 2.51. The van der Waals surface area contributed by atoms with E-state index in [1.165, 1.54) is 19.3 Å². The van der Waals surface area contributed by atoms with E-state index in [0.29, 0.717) is 5.82 Å². The maximum Gasteiger partial charge on any atom is 0.150 e. The molecule has 96 valence electrons. The Morgan fingerprint density at radius 2 is 2.06 bits per heavy atom. The highest BCUT2D eigenvalue weighted by Crippen LogP contribution is 2.24. The van der Waals surface area contributed by atoms with Gasteiger partial charge >= 0.3 is 0 Å². The number of likely N-dealkylation sites (tertiary alicyclic amines) is 1. The summed E-state index contributed by atoms with van der Waals surface area (Å²) in [6.45, 7) is 3.19. The summed E-state index contributed by atoms with van der Waals surface area (Å²) >= 11 is 3.46. The van der Waals surface area contributed by atoms with Crippen LogP contribution in [-0.2, 0) is 6.54 Å². The van der Waals surface area contributed by atoms with Gasteiger partial charge in [-0.3, -0.25) is 9.30 Å². The van der Waals surface area contributed by atoms with E-state index < -0.39 is 0 Å². The van der Waals surface area contributed by atoms with Gasteiger partial charge in [0, 0.05) is 12.4 Å². The van der Waals surface area contributed by atoms with Crippen LogP contribution in [0.15, 0.2) is 17.0 Å². The van der Waals surface area contributed by atoms with Crippen molar-refractivity contribution in [2.75, 3.05) is 18.8 Å². The third kappa shape index (κ3) is 2.10. The summed E-state index contributed by atoms with van der Waals surface area (Å²) in [5, 5.41) is 0. The average Bonchev–Trinajstić information content (AvgIpc) is 2.69. The normalized spacial score (nSPS) is 17.4. The molecule has 2 aromatic rings. The van der Waals surface area contributed by atoms with Crippen LogP contribution in [0.4, 0.5) is 5.82 Å². The van der Waals surface area contributed by atoms with Gasteiger partial charge in [0.25, 0.3) is 0 Å². The van der Waals surface area contributed by atoms with E-state index in [1.807, 2.05) is 10.6 Å². The zero-order chi connectivity index (χ0) is 12.5. The van der Waals surface area contributed by atoms with Gasteiger partial charge in [0.1, 0.15) is 15.9 Å². The van der Waals surface area contributed by atoms with E-state index in [4.69, 9.17) is 5.73 Å². The number of nitrogen functional groups attached to an aromatic ring is 1. The average molecular weight is 310 g/mol. The van der Waals surface area contributed by atoms with Gasteiger partial charge < -0.3 is 5.73 Å². The Morgan fingerprint density at radius 1 is 1.28 bits per heavy atom. The van der Waals surface area contributed by atoms with E-state index in [-0.39, 0.29) is 0 Å². The molecule has 2 aromatic heterocycles. The van der Waals surface area contributed by atoms with Crippen molar-refractivity contribution in [3.05, 3.63) is 22.8 Å². The minimum atomic E-state index is 0.516. The van der Waals surface area contributed by atoms with Crippen LogP contribution in [-0.4, -0.2) is 32.4 Å². The van der Waals surface area contributed by atoms with Gasteiger partial charge in [-0.2, -0.15) is 0 Å². The van der Waals surface area contributed by atoms with E-state index in [0.717, 1.165) is 35.6 Å². The van der Waals surface area contributed by atoms with Gasteiger partial charge in [-0.15, -0.1) is 0 Å². The quantitative estimate of drug-likeness (QED) is 0.922. The predicted molar refractivity (Wildman–Crippen MR) is 74.2 cm³/mol. The summed E-state index contributed by atoms with van der Waals surface area (Å²) < 4.78 is 2.81. The molecule has 0 saturated carbocycles. The van der Waals surface area contributed by atoms with Crippen molar-refractivity contribution in [2.24, 2.45) is 0 Å². The summed E-state index contributed by atoms with van der Waals surface area (Å²) in [7, 11) is 0. The van der Waals surface area contributed by atoms with Crippen molar-refractivity contribution >= 4 is 27.3 Å². The fourth-order valence-corrected chi connectivity index (χ4v) is 3.11. The number of halogens is 1. The predicted octanol–water partition coefficient (Wildman–Crippen LogP) is 2.06. The molecule has 0 aliphatic carbocycles. The number of aromatic nitrogens is 3. The Hall–Kier alpha value is -1.14. The first-order chi connectivity index (χ1) is 8.75. The first-order valence-corrected chi connectivity index (χ1v) is 7.04. The van der Waals surface area contributed by atoms with E-state index in [1.54, 1.807) is 6.20 Å². The van der Waals surface area contributed by atoms with Crippen LogP contribution in [0.25, 0.3) is 5.52 Å². The standard InChI is InChI=1S/C12H16BrN5/c13-11-10-12(14)15-4-7-18(10)9(16-11)8-17-5-2-1-3-6-17/h4,7H,1-3,5-6,8H2,(H2,14,15). The van der Waals surface area contributed by atoms with Crippen molar-refractivity contribution in [1.82, 2.24) is 19.3 Å². The van der Waals surface area contributed by atoms with Crippen molar-refractivity contribution < 1.29 is 0 Å². The molecule has 1 fully saturated rings. The summed E-state index contributed by atoms with van der Waals surface area (Å²) in [6, 6.07) is 0. The number of fused-ring (bicyclic) bond motifs is 1. The van der Waals surface area contributed by atoms with Crippen LogP contribution in [0.5, 0.6) is 0 Å². The van der Waals surface area contributed by atoms with Crippen molar-refractivity contribution in [3.63, 3.8) is 0 Å². The van der Waals surface area contributed by atoms with Crippen LogP contribution < -0.4 is 5.73 Å². The molecule has 0 amide bonds. The molecule has 5 nitrogen and oxygen atoms in total. The highest BCUT2D eigenvalue weighted by Gasteiger charge is 2.16. The lowest BCUT2D eigenvalue weighted by molar-refractivity contribution is 0.215. The topological polar surface area (TPSA) is 59.4 Å². The second-order valence-electron chi connectivity index (χ2n) is 4.69. The Balaban J connectivity index is 1.94. The summed E-state index contributed by atoms with van der Waals surface area (Å²) in [5.74, 6) is 1.54. The number of piperidine rings is 1. The van der Waals surface area contributed by atoms with Gasteiger partial charge in [0.15, 0.2) is 5.82 Å². The minimum Gasteiger partial charge on any atom is -0.382 e. The highest BCUT2D eigenvalue weighted by atomic mass is 79.9. The lowest BCUT2D eigenvalue weighted by Crippen LogP contribution is -2.29. The molecular formula is C12H16BrN5. The fraction of sp³-hybridized carbons (Fsp3) is 0.500. The monoisotopic (exact) mass is 309 g/mol. The summed E-state index contributed by atoms with van der Waals surface area (Å²) in [4.78, 5) is 11.1. The summed E-state index contributed by atoms with van der Waals surface area (Å²) in [5.41, 5.74) is 6.75. The molecular weight excluding hydrogens is 294 g/mol. The molecule has 0 radical (unpaired) electrons. The van der Waals surface area contributed by atoms with Gasteiger partial charge in [0.2, 0.25) is 0 Å². The second-order valence-corrected chi connectivity index (χ2v) is 5.44. The number of imidazole rings is 1. The molecule has 0 aromatic carbocycles. The number of nitrogens with zero attached hydrogens (tertiary/aromatic N) is 4. The number of hydrogen-bond acceptors (Lipinski definition) is 4. The van der Waals surface area contributed by atoms with Crippen LogP contribution in [0.3, 0.4) is 0 Å². The largest absolute Gasteiger partial charge is 0.382 e. The maximum absolute atomic E-state index is 5.89. The lowest BCUT2D eigenvalue weighted by Gasteiger charge is -2.25. The Labute approximate surface area is 114 Å². The number of nitrogens with two attached hydrogens (primary N) is 1. The lowest BCUT2D eigenvalue weighted by atomic mass is 10.1. The SMILES string of the molecule is Nc1nccn2c(CN3CCCCC3)nc(Br)c12. The molecule has 0 unspecified atom stereocenters. The zero-order valence-corrected chi connectivity index (χ0v) is 11.7. The van der Waals surface area contributed by atoms with Crippen LogP contribution in [0, 0.1) is 0 Å². The number of anilines is 1. The maximum atomic E-state index is 5.89. The Morgan fingerprint density at radius 3 is 2.83 bits per heavy atom. The Kier molecular flexibility index (Phi) is 3.22. The first-order valence-electron chi connectivity index (χ1n) is 6.25. The molecule has 0 atom stereocenters. The van der Waals surface area contributed by atoms with Gasteiger partial charge in [-0.25, -0.2) is 9.97 Å². The van der Waals surface area contributed by atoms with Crippen LogP contribution in [0.1, 0.15) is 25.1 Å². The van der Waals surface area contributed by atoms with Gasteiger partial charge in [-0.1, -0.05) is 6.42 Å². The molecule has 3 rings (SSSR count). The zero-order valence-electron chi connectivity index (χ0n) is 10.1. The minimum absolute atomic E-state index is 0.516. The molecule has 2 N–H and O–H groups in total. The van der Waals surface area contributed by atoms with E-state index in [9.17, 15) is 0 Å². The van der Waals surface area contributed by atoms with Crippen molar-refractivity contribution in [3.8, 4) is 0 Å². The second kappa shape index (κ2) is 4.85. The summed E-state index contributed by atoms with van der Waals surface area (Å²) in [6.07, 6.45) is 7.56. The van der Waals surface area contributed by atoms with E-state index >= 15 is 0 Å². The van der Waals surface area contributed by atoms with Crippen LogP contribution >= 0.6 is 15.9 Å². The third-order valence-corrected chi connectivity index (χ3v) is 3.98. The molecule has 6 heteroatoms. The van der Waals surface area contributed by atoms with Crippen LogP contribution in [0.2, 0.25) is 0 Å². The smallest absolute Gasteiger partial charge is 0.150 e. The molecule has 0 spiro atoms. The van der Waals surface area contributed by atoms with Crippen molar-refractivity contribution in [2.45, 2.75) is 25.8 Å². The molecule has 3 heterocycles. The first kappa shape index (κ1) is 11.9. The molecule has 1 saturated heterocycles. The highest BCUT2D eigenvalue weighted by molar-refractivity contribution is 9.10.